The second-order valence-electron chi connectivity index (χ2n) is 8.72. The number of amides is 4. The Morgan fingerprint density at radius 1 is 1.21 bits per heavy atom. The molecule has 0 unspecified atom stereocenters. The molecule has 1 aromatic rings. The van der Waals surface area contributed by atoms with Crippen LogP contribution in [0.1, 0.15) is 60.9 Å². The lowest BCUT2D eigenvalue weighted by Crippen LogP contribution is -2.37. The standard InChI is InChI=1S/C22H25F3N4O5/c1-10-7-11(20(33)27-10)8-15(18(31)21(34)28-12-5-6-12)13-3-2-4-14(19(26)32)17(13)29-16(30)9-22(23,24)25/h2-4,10-12,15H,5-9H2,1H3,(H2,26,32)(H,27,33)(H,28,34)(H,29,30)/t10-,11-,15+/m1/s1. The topological polar surface area (TPSA) is 147 Å². The molecule has 1 aliphatic heterocycles. The summed E-state index contributed by atoms with van der Waals surface area (Å²) >= 11 is 0. The molecule has 0 aromatic heterocycles. The number of Topliss-reactive ketones (excluding diaryl/α,β-unsaturated/α-hetero) is 1. The summed E-state index contributed by atoms with van der Waals surface area (Å²) < 4.78 is 38.2. The van der Waals surface area contributed by atoms with Gasteiger partial charge in [-0.25, -0.2) is 0 Å². The molecule has 1 aliphatic carbocycles. The van der Waals surface area contributed by atoms with Gasteiger partial charge in [0.15, 0.2) is 0 Å². The SMILES string of the molecule is C[C@@H]1C[C@H](C[C@H](C(=O)C(=O)NC2CC2)c2cccc(C(N)=O)c2NC(=O)CC(F)(F)F)C(=O)N1. The molecule has 184 valence electrons. The molecule has 0 bridgehead atoms. The Morgan fingerprint density at radius 2 is 1.88 bits per heavy atom. The molecule has 1 saturated heterocycles. The Balaban J connectivity index is 2.02. The molecule has 0 radical (unpaired) electrons. The van der Waals surface area contributed by atoms with E-state index in [1.807, 2.05) is 5.32 Å². The largest absolute Gasteiger partial charge is 0.397 e. The molecule has 2 fully saturated rings. The van der Waals surface area contributed by atoms with Gasteiger partial charge in [0.25, 0.3) is 11.8 Å². The van der Waals surface area contributed by atoms with Crippen LogP contribution in [-0.4, -0.2) is 47.7 Å². The van der Waals surface area contributed by atoms with E-state index < -0.39 is 47.9 Å². The fraction of sp³-hybridized carbons (Fsp3) is 0.500. The third-order valence-electron chi connectivity index (χ3n) is 5.73. The monoisotopic (exact) mass is 482 g/mol. The number of hydrogen-bond donors (Lipinski definition) is 4. The average Bonchev–Trinajstić information content (AvgIpc) is 3.47. The third-order valence-corrected chi connectivity index (χ3v) is 5.73. The van der Waals surface area contributed by atoms with E-state index in [2.05, 4.69) is 10.6 Å². The van der Waals surface area contributed by atoms with Crippen LogP contribution in [0.3, 0.4) is 0 Å². The Labute approximate surface area is 193 Å². The second kappa shape index (κ2) is 9.82. The Kier molecular flexibility index (Phi) is 7.27. The van der Waals surface area contributed by atoms with Gasteiger partial charge in [0.1, 0.15) is 6.42 Å². The summed E-state index contributed by atoms with van der Waals surface area (Å²) in [5.74, 6) is -6.65. The molecule has 12 heteroatoms. The number of ketones is 1. The fourth-order valence-electron chi connectivity index (χ4n) is 4.03. The highest BCUT2D eigenvalue weighted by Crippen LogP contribution is 2.36. The van der Waals surface area contributed by atoms with Crippen molar-refractivity contribution >= 4 is 35.1 Å². The van der Waals surface area contributed by atoms with Crippen LogP contribution < -0.4 is 21.7 Å². The van der Waals surface area contributed by atoms with E-state index in [4.69, 9.17) is 5.73 Å². The average molecular weight is 482 g/mol. The number of benzene rings is 1. The van der Waals surface area contributed by atoms with Crippen molar-refractivity contribution in [1.29, 1.82) is 0 Å². The van der Waals surface area contributed by atoms with E-state index in [0.29, 0.717) is 19.3 Å². The molecule has 0 spiro atoms. The molecule has 4 amide bonds. The first kappa shape index (κ1) is 25.2. The summed E-state index contributed by atoms with van der Waals surface area (Å²) in [7, 11) is 0. The number of carbonyl (C=O) groups is 5. The van der Waals surface area contributed by atoms with Crippen molar-refractivity contribution in [3.63, 3.8) is 0 Å². The lowest BCUT2D eigenvalue weighted by atomic mass is 9.82. The molecule has 3 rings (SSSR count). The third kappa shape index (κ3) is 6.33. The number of nitrogens with two attached hydrogens (primary N) is 1. The maximum absolute atomic E-state index is 13.2. The number of primary amides is 1. The van der Waals surface area contributed by atoms with Gasteiger partial charge in [-0.15, -0.1) is 0 Å². The highest BCUT2D eigenvalue weighted by atomic mass is 19.4. The first-order valence-electron chi connectivity index (χ1n) is 10.8. The highest BCUT2D eigenvalue weighted by molar-refractivity contribution is 6.38. The van der Waals surface area contributed by atoms with Crippen molar-refractivity contribution < 1.29 is 37.1 Å². The number of hydrogen-bond acceptors (Lipinski definition) is 5. The summed E-state index contributed by atoms with van der Waals surface area (Å²) in [5.41, 5.74) is 4.60. The van der Waals surface area contributed by atoms with Gasteiger partial charge in [-0.05, 0) is 44.2 Å². The molecule has 2 aliphatic rings. The van der Waals surface area contributed by atoms with Crippen LogP contribution in [0.15, 0.2) is 18.2 Å². The zero-order valence-corrected chi connectivity index (χ0v) is 18.3. The van der Waals surface area contributed by atoms with E-state index in [1.165, 1.54) is 18.2 Å². The number of carbonyl (C=O) groups excluding carboxylic acids is 5. The number of para-hydroxylation sites is 1. The van der Waals surface area contributed by atoms with Gasteiger partial charge < -0.3 is 21.7 Å². The molecular formula is C22H25F3N4O5. The minimum atomic E-state index is -4.82. The molecule has 1 heterocycles. The van der Waals surface area contributed by atoms with E-state index in [9.17, 15) is 37.1 Å². The minimum absolute atomic E-state index is 0.0601. The van der Waals surface area contributed by atoms with Gasteiger partial charge in [0.2, 0.25) is 17.6 Å². The zero-order valence-electron chi connectivity index (χ0n) is 18.3. The van der Waals surface area contributed by atoms with Crippen LogP contribution >= 0.6 is 0 Å². The Hall–Kier alpha value is -3.44. The van der Waals surface area contributed by atoms with Gasteiger partial charge in [-0.2, -0.15) is 13.2 Å². The molecule has 5 N–H and O–H groups in total. The van der Waals surface area contributed by atoms with Gasteiger partial charge in [0, 0.05) is 18.0 Å². The van der Waals surface area contributed by atoms with E-state index in [-0.39, 0.29) is 41.2 Å². The van der Waals surface area contributed by atoms with Crippen LogP contribution in [0.2, 0.25) is 0 Å². The lowest BCUT2D eigenvalue weighted by Gasteiger charge is -2.23. The minimum Gasteiger partial charge on any atom is -0.366 e. The fourth-order valence-corrected chi connectivity index (χ4v) is 4.03. The van der Waals surface area contributed by atoms with Crippen molar-refractivity contribution in [1.82, 2.24) is 10.6 Å². The molecule has 3 atom stereocenters. The van der Waals surface area contributed by atoms with Crippen molar-refractivity contribution in [3.8, 4) is 0 Å². The van der Waals surface area contributed by atoms with Crippen LogP contribution in [0.5, 0.6) is 0 Å². The molecule has 1 saturated carbocycles. The van der Waals surface area contributed by atoms with Crippen LogP contribution in [-0.2, 0) is 19.2 Å². The normalized spacial score (nSPS) is 20.9. The first-order chi connectivity index (χ1) is 15.9. The first-order valence-corrected chi connectivity index (χ1v) is 10.8. The predicted octanol–water partition coefficient (Wildman–Crippen LogP) is 1.52. The number of halogens is 3. The maximum Gasteiger partial charge on any atom is 0.397 e. The van der Waals surface area contributed by atoms with Crippen molar-refractivity contribution in [3.05, 3.63) is 29.3 Å². The summed E-state index contributed by atoms with van der Waals surface area (Å²) in [5, 5.41) is 7.32. The lowest BCUT2D eigenvalue weighted by molar-refractivity contribution is -0.150. The number of anilines is 1. The molecular weight excluding hydrogens is 457 g/mol. The van der Waals surface area contributed by atoms with Gasteiger partial charge in [0.05, 0.1) is 17.2 Å². The molecule has 34 heavy (non-hydrogen) atoms. The van der Waals surface area contributed by atoms with Crippen LogP contribution in [0.4, 0.5) is 18.9 Å². The van der Waals surface area contributed by atoms with Crippen molar-refractivity contribution in [2.24, 2.45) is 11.7 Å². The number of alkyl halides is 3. The highest BCUT2D eigenvalue weighted by Gasteiger charge is 2.39. The van der Waals surface area contributed by atoms with Crippen molar-refractivity contribution in [2.75, 3.05) is 5.32 Å². The summed E-state index contributed by atoms with van der Waals surface area (Å²) in [4.78, 5) is 62.1. The van der Waals surface area contributed by atoms with E-state index >= 15 is 0 Å². The predicted molar refractivity (Wildman–Crippen MR) is 114 cm³/mol. The smallest absolute Gasteiger partial charge is 0.366 e. The Morgan fingerprint density at radius 3 is 2.41 bits per heavy atom. The molecule has 9 nitrogen and oxygen atoms in total. The maximum atomic E-state index is 13.2. The quantitative estimate of drug-likeness (QED) is 0.394. The Bertz CT molecular complexity index is 1020. The van der Waals surface area contributed by atoms with Gasteiger partial charge in [-0.1, -0.05) is 12.1 Å². The second-order valence-corrected chi connectivity index (χ2v) is 8.72. The van der Waals surface area contributed by atoms with Crippen LogP contribution in [0, 0.1) is 5.92 Å². The van der Waals surface area contributed by atoms with Crippen molar-refractivity contribution in [2.45, 2.75) is 63.2 Å². The summed E-state index contributed by atoms with van der Waals surface area (Å²) in [6.07, 6.45) is -4.99. The van der Waals surface area contributed by atoms with Crippen LogP contribution in [0.25, 0.3) is 0 Å². The summed E-state index contributed by atoms with van der Waals surface area (Å²) in [6.45, 7) is 1.77. The van der Waals surface area contributed by atoms with Gasteiger partial charge >= 0.3 is 6.18 Å². The number of nitrogens with one attached hydrogen (secondary N) is 3. The number of rotatable bonds is 9. The summed E-state index contributed by atoms with van der Waals surface area (Å²) in [6, 6.07) is 3.53. The van der Waals surface area contributed by atoms with Gasteiger partial charge in [-0.3, -0.25) is 24.0 Å². The van der Waals surface area contributed by atoms with E-state index in [1.54, 1.807) is 6.92 Å². The zero-order chi connectivity index (χ0) is 25.2. The molecule has 1 aromatic carbocycles. The van der Waals surface area contributed by atoms with E-state index in [0.717, 1.165) is 0 Å².